The van der Waals surface area contributed by atoms with Gasteiger partial charge in [-0.05, 0) is 19.1 Å². The summed E-state index contributed by atoms with van der Waals surface area (Å²) in [5.74, 6) is 2.57. The summed E-state index contributed by atoms with van der Waals surface area (Å²) >= 11 is 1.77. The van der Waals surface area contributed by atoms with E-state index in [9.17, 15) is 0 Å². The maximum absolute atomic E-state index is 5.65. The Balaban J connectivity index is 2.04. The minimum atomic E-state index is 0.679. The zero-order chi connectivity index (χ0) is 11.2. The van der Waals surface area contributed by atoms with Crippen LogP contribution < -0.4 is 9.64 Å². The number of rotatable bonds is 5. The van der Waals surface area contributed by atoms with Crippen molar-refractivity contribution in [3.63, 3.8) is 0 Å². The van der Waals surface area contributed by atoms with Crippen LogP contribution in [0.4, 0.5) is 5.82 Å². The molecule has 0 N–H and O–H groups in total. The lowest BCUT2D eigenvalue weighted by Crippen LogP contribution is -2.20. The van der Waals surface area contributed by atoms with E-state index in [1.807, 2.05) is 0 Å². The molecule has 0 unspecified atom stereocenters. The average Bonchev–Trinajstić information content (AvgIpc) is 2.83. The highest BCUT2D eigenvalue weighted by atomic mass is 32.2. The van der Waals surface area contributed by atoms with Crippen molar-refractivity contribution in [3.8, 4) is 5.88 Å². The maximum atomic E-state index is 5.65. The van der Waals surface area contributed by atoms with Crippen molar-refractivity contribution >= 4 is 17.6 Å². The fraction of sp³-hybridized carbons (Fsp3) is 0.636. The van der Waals surface area contributed by atoms with E-state index in [2.05, 4.69) is 21.1 Å². The highest BCUT2D eigenvalue weighted by molar-refractivity contribution is 7.98. The molecule has 0 spiro atoms. The molecule has 88 valence electrons. The van der Waals surface area contributed by atoms with Crippen LogP contribution in [0.3, 0.4) is 0 Å². The van der Waals surface area contributed by atoms with Gasteiger partial charge in [0.1, 0.15) is 0 Å². The van der Waals surface area contributed by atoms with Crippen LogP contribution in [0.1, 0.15) is 12.8 Å². The Morgan fingerprint density at radius 3 is 2.81 bits per heavy atom. The van der Waals surface area contributed by atoms with Crippen molar-refractivity contribution in [1.82, 2.24) is 9.97 Å². The molecule has 16 heavy (non-hydrogen) atoms. The SMILES string of the molecule is CSCCOc1nccnc1N1CCCC1. The Morgan fingerprint density at radius 2 is 2.06 bits per heavy atom. The smallest absolute Gasteiger partial charge is 0.257 e. The molecule has 0 radical (unpaired) electrons. The average molecular weight is 239 g/mol. The first-order valence-corrected chi connectivity index (χ1v) is 6.99. The van der Waals surface area contributed by atoms with Crippen LogP contribution in [0.2, 0.25) is 0 Å². The van der Waals surface area contributed by atoms with Crippen LogP contribution in [0, 0.1) is 0 Å². The van der Waals surface area contributed by atoms with Crippen LogP contribution in [0.25, 0.3) is 0 Å². The molecule has 0 saturated carbocycles. The summed E-state index contributed by atoms with van der Waals surface area (Å²) in [4.78, 5) is 10.9. The molecular formula is C11H17N3OS. The maximum Gasteiger partial charge on any atom is 0.257 e. The van der Waals surface area contributed by atoms with Crippen molar-refractivity contribution < 1.29 is 4.74 Å². The molecule has 0 bridgehead atoms. The summed E-state index contributed by atoms with van der Waals surface area (Å²) in [5.41, 5.74) is 0. The Labute approximate surface area is 100 Å². The summed E-state index contributed by atoms with van der Waals surface area (Å²) in [6, 6.07) is 0. The topological polar surface area (TPSA) is 38.3 Å². The highest BCUT2D eigenvalue weighted by Gasteiger charge is 2.18. The number of anilines is 1. The van der Waals surface area contributed by atoms with Crippen molar-refractivity contribution in [1.29, 1.82) is 0 Å². The third kappa shape index (κ3) is 2.78. The van der Waals surface area contributed by atoms with Crippen LogP contribution in [0.5, 0.6) is 5.88 Å². The molecule has 1 saturated heterocycles. The van der Waals surface area contributed by atoms with Gasteiger partial charge in [-0.2, -0.15) is 11.8 Å². The quantitative estimate of drug-likeness (QED) is 0.733. The molecule has 1 aliphatic rings. The van der Waals surface area contributed by atoms with E-state index in [4.69, 9.17) is 4.74 Å². The molecule has 0 aliphatic carbocycles. The fourth-order valence-electron chi connectivity index (χ4n) is 1.79. The van der Waals surface area contributed by atoms with Gasteiger partial charge >= 0.3 is 0 Å². The van der Waals surface area contributed by atoms with Crippen molar-refractivity contribution in [2.45, 2.75) is 12.8 Å². The van der Waals surface area contributed by atoms with Gasteiger partial charge in [-0.25, -0.2) is 9.97 Å². The molecule has 1 aromatic heterocycles. The third-order valence-electron chi connectivity index (χ3n) is 2.58. The van der Waals surface area contributed by atoms with E-state index in [1.165, 1.54) is 12.8 Å². The second-order valence-electron chi connectivity index (χ2n) is 3.72. The normalized spacial score (nSPS) is 15.4. The summed E-state index contributed by atoms with van der Waals surface area (Å²) in [6.45, 7) is 2.83. The molecule has 5 heteroatoms. The predicted octanol–water partition coefficient (Wildman–Crippen LogP) is 1.82. The molecule has 2 rings (SSSR count). The molecule has 1 fully saturated rings. The zero-order valence-corrected chi connectivity index (χ0v) is 10.4. The number of hydrogen-bond donors (Lipinski definition) is 0. The monoisotopic (exact) mass is 239 g/mol. The molecule has 1 aromatic rings. The molecule has 0 aromatic carbocycles. The van der Waals surface area contributed by atoms with Crippen LogP contribution in [0.15, 0.2) is 12.4 Å². The largest absolute Gasteiger partial charge is 0.474 e. The summed E-state index contributed by atoms with van der Waals surface area (Å²) in [6.07, 6.45) is 7.96. The minimum Gasteiger partial charge on any atom is -0.474 e. The van der Waals surface area contributed by atoms with Gasteiger partial charge in [0.05, 0.1) is 6.61 Å². The van der Waals surface area contributed by atoms with Crippen LogP contribution in [-0.2, 0) is 0 Å². The van der Waals surface area contributed by atoms with Gasteiger partial charge in [-0.15, -0.1) is 0 Å². The highest BCUT2D eigenvalue weighted by Crippen LogP contribution is 2.25. The lowest BCUT2D eigenvalue weighted by molar-refractivity contribution is 0.329. The van der Waals surface area contributed by atoms with Gasteiger partial charge < -0.3 is 9.64 Å². The Morgan fingerprint density at radius 1 is 1.31 bits per heavy atom. The second kappa shape index (κ2) is 5.94. The molecular weight excluding hydrogens is 222 g/mol. The van der Waals surface area contributed by atoms with Gasteiger partial charge in [0.15, 0.2) is 5.82 Å². The van der Waals surface area contributed by atoms with Crippen LogP contribution in [-0.4, -0.2) is 41.7 Å². The van der Waals surface area contributed by atoms with Gasteiger partial charge in [0, 0.05) is 31.2 Å². The molecule has 2 heterocycles. The van der Waals surface area contributed by atoms with Crippen LogP contribution >= 0.6 is 11.8 Å². The molecule has 1 aliphatic heterocycles. The second-order valence-corrected chi connectivity index (χ2v) is 4.71. The minimum absolute atomic E-state index is 0.679. The van der Waals surface area contributed by atoms with E-state index in [-0.39, 0.29) is 0 Å². The van der Waals surface area contributed by atoms with E-state index in [0.29, 0.717) is 12.5 Å². The first-order chi connectivity index (χ1) is 7.92. The Kier molecular flexibility index (Phi) is 4.27. The number of ether oxygens (including phenoxy) is 1. The van der Waals surface area contributed by atoms with Crippen molar-refractivity contribution in [2.75, 3.05) is 36.6 Å². The standard InChI is InChI=1S/C11H17N3OS/c1-16-9-8-15-11-10(12-4-5-13-11)14-6-2-3-7-14/h4-5H,2-3,6-9H2,1H3. The summed E-state index contributed by atoms with van der Waals surface area (Å²) in [7, 11) is 0. The number of thioether (sulfide) groups is 1. The number of nitrogens with zero attached hydrogens (tertiary/aromatic N) is 3. The predicted molar refractivity (Wildman–Crippen MR) is 67.4 cm³/mol. The molecule has 0 atom stereocenters. The van der Waals surface area contributed by atoms with E-state index < -0.39 is 0 Å². The van der Waals surface area contributed by atoms with E-state index in [1.54, 1.807) is 24.2 Å². The first kappa shape index (κ1) is 11.5. The molecule has 4 nitrogen and oxygen atoms in total. The fourth-order valence-corrected chi connectivity index (χ4v) is 2.04. The van der Waals surface area contributed by atoms with Crippen molar-refractivity contribution in [2.24, 2.45) is 0 Å². The lowest BCUT2D eigenvalue weighted by Gasteiger charge is -2.18. The van der Waals surface area contributed by atoms with E-state index >= 15 is 0 Å². The Bertz CT molecular complexity index is 329. The third-order valence-corrected chi connectivity index (χ3v) is 3.15. The summed E-state index contributed by atoms with van der Waals surface area (Å²) < 4.78 is 5.65. The van der Waals surface area contributed by atoms with Crippen molar-refractivity contribution in [3.05, 3.63) is 12.4 Å². The van der Waals surface area contributed by atoms with Gasteiger partial charge in [-0.3, -0.25) is 0 Å². The lowest BCUT2D eigenvalue weighted by atomic mass is 10.4. The number of aromatic nitrogens is 2. The number of hydrogen-bond acceptors (Lipinski definition) is 5. The zero-order valence-electron chi connectivity index (χ0n) is 9.56. The first-order valence-electron chi connectivity index (χ1n) is 5.59. The van der Waals surface area contributed by atoms with Gasteiger partial charge in [0.25, 0.3) is 5.88 Å². The van der Waals surface area contributed by atoms with E-state index in [0.717, 1.165) is 24.7 Å². The van der Waals surface area contributed by atoms with Gasteiger partial charge in [-0.1, -0.05) is 0 Å². The summed E-state index contributed by atoms with van der Waals surface area (Å²) in [5, 5.41) is 0. The molecule has 0 amide bonds. The Hall–Kier alpha value is -0.970. The van der Waals surface area contributed by atoms with Gasteiger partial charge in [0.2, 0.25) is 0 Å².